The van der Waals surface area contributed by atoms with E-state index in [0.29, 0.717) is 0 Å². The summed E-state index contributed by atoms with van der Waals surface area (Å²) in [6, 6.07) is 3.70. The Morgan fingerprint density at radius 2 is 2.12 bits per heavy atom. The van der Waals surface area contributed by atoms with E-state index in [9.17, 15) is 4.39 Å². The van der Waals surface area contributed by atoms with Gasteiger partial charge in [-0.1, -0.05) is 19.9 Å². The smallest absolute Gasteiger partial charge is 0.126 e. The molecule has 0 fully saturated rings. The predicted octanol–water partition coefficient (Wildman–Crippen LogP) is 2.83. The molecule has 0 amide bonds. The lowest BCUT2D eigenvalue weighted by Crippen LogP contribution is -2.26. The topological polar surface area (TPSA) is 29.3 Å². The van der Waals surface area contributed by atoms with Crippen molar-refractivity contribution in [1.29, 1.82) is 0 Å². The molecule has 1 aliphatic heterocycles. The summed E-state index contributed by atoms with van der Waals surface area (Å²) < 4.78 is 15.9. The number of hydrogen-bond acceptors (Lipinski definition) is 3. The highest BCUT2D eigenvalue weighted by molar-refractivity contribution is 7.94. The molecule has 0 aromatic heterocycles. The molecule has 0 aliphatic carbocycles. The van der Waals surface area contributed by atoms with E-state index in [0.717, 1.165) is 30.6 Å². The van der Waals surface area contributed by atoms with Crippen molar-refractivity contribution in [2.24, 2.45) is 5.14 Å². The Morgan fingerprint density at radius 1 is 1.38 bits per heavy atom. The lowest BCUT2D eigenvalue weighted by Gasteiger charge is -2.27. The van der Waals surface area contributed by atoms with E-state index in [1.54, 1.807) is 6.07 Å². The SMILES string of the molecule is CC(C)c1cc2c(cc1F)CCN(SN)C2. The van der Waals surface area contributed by atoms with E-state index < -0.39 is 0 Å². The number of hydrogen-bond donors (Lipinski definition) is 1. The van der Waals surface area contributed by atoms with Crippen LogP contribution < -0.4 is 5.14 Å². The molecule has 88 valence electrons. The van der Waals surface area contributed by atoms with Crippen LogP contribution in [0.1, 0.15) is 36.5 Å². The van der Waals surface area contributed by atoms with Crippen LogP contribution in [0.15, 0.2) is 12.1 Å². The number of halogens is 1. The van der Waals surface area contributed by atoms with Crippen molar-refractivity contribution in [2.45, 2.75) is 32.7 Å². The van der Waals surface area contributed by atoms with Crippen LogP contribution in [0.25, 0.3) is 0 Å². The van der Waals surface area contributed by atoms with Crippen LogP contribution in [0.2, 0.25) is 0 Å². The number of nitrogens with two attached hydrogens (primary N) is 1. The van der Waals surface area contributed by atoms with E-state index in [1.807, 2.05) is 19.9 Å². The van der Waals surface area contributed by atoms with E-state index in [2.05, 4.69) is 4.31 Å². The van der Waals surface area contributed by atoms with Crippen LogP contribution in [-0.4, -0.2) is 10.8 Å². The standard InChI is InChI=1S/C12H17FN2S/c1-8(2)11-5-10-7-15(16-14)4-3-9(10)6-12(11)13/h5-6,8H,3-4,7,14H2,1-2H3. The van der Waals surface area contributed by atoms with Gasteiger partial charge in [0.2, 0.25) is 0 Å². The molecule has 0 atom stereocenters. The molecule has 1 aromatic carbocycles. The molecule has 0 radical (unpaired) electrons. The first-order valence-electron chi connectivity index (χ1n) is 5.54. The summed E-state index contributed by atoms with van der Waals surface area (Å²) in [4.78, 5) is 0. The Bertz CT molecular complexity index is 393. The van der Waals surface area contributed by atoms with Crippen molar-refractivity contribution in [3.63, 3.8) is 0 Å². The molecule has 1 aliphatic rings. The Morgan fingerprint density at radius 3 is 2.75 bits per heavy atom. The van der Waals surface area contributed by atoms with E-state index in [4.69, 9.17) is 5.14 Å². The van der Waals surface area contributed by atoms with Gasteiger partial charge in [0.1, 0.15) is 5.82 Å². The molecule has 0 spiro atoms. The first kappa shape index (κ1) is 11.9. The lowest BCUT2D eigenvalue weighted by molar-refractivity contribution is 0.441. The summed E-state index contributed by atoms with van der Waals surface area (Å²) in [6.07, 6.45) is 0.884. The second-order valence-corrected chi connectivity index (χ2v) is 5.24. The number of benzene rings is 1. The quantitative estimate of drug-likeness (QED) is 0.806. The maximum absolute atomic E-state index is 13.8. The summed E-state index contributed by atoms with van der Waals surface area (Å²) in [5.41, 5.74) is 3.16. The largest absolute Gasteiger partial charge is 0.264 e. The minimum Gasteiger partial charge on any atom is -0.264 e. The molecule has 1 aromatic rings. The molecule has 0 saturated carbocycles. The average molecular weight is 240 g/mol. The Kier molecular flexibility index (Phi) is 3.52. The van der Waals surface area contributed by atoms with Crippen molar-refractivity contribution < 1.29 is 4.39 Å². The van der Waals surface area contributed by atoms with Gasteiger partial charge in [-0.3, -0.25) is 5.14 Å². The van der Waals surface area contributed by atoms with Gasteiger partial charge < -0.3 is 0 Å². The maximum atomic E-state index is 13.8. The predicted molar refractivity (Wildman–Crippen MR) is 66.4 cm³/mol. The van der Waals surface area contributed by atoms with Gasteiger partial charge in [-0.15, -0.1) is 0 Å². The van der Waals surface area contributed by atoms with Crippen LogP contribution >= 0.6 is 12.1 Å². The van der Waals surface area contributed by atoms with Crippen molar-refractivity contribution in [3.8, 4) is 0 Å². The zero-order chi connectivity index (χ0) is 11.7. The van der Waals surface area contributed by atoms with Gasteiger partial charge in [0, 0.05) is 25.2 Å². The second kappa shape index (κ2) is 4.73. The fraction of sp³-hybridized carbons (Fsp3) is 0.500. The van der Waals surface area contributed by atoms with Gasteiger partial charge in [-0.2, -0.15) is 0 Å². The third-order valence-electron chi connectivity index (χ3n) is 3.07. The molecule has 4 heteroatoms. The first-order valence-corrected chi connectivity index (χ1v) is 6.38. The van der Waals surface area contributed by atoms with Gasteiger partial charge in [0.25, 0.3) is 0 Å². The van der Waals surface area contributed by atoms with Crippen molar-refractivity contribution in [2.75, 3.05) is 6.54 Å². The highest BCUT2D eigenvalue weighted by atomic mass is 32.2. The lowest BCUT2D eigenvalue weighted by atomic mass is 9.93. The van der Waals surface area contributed by atoms with Gasteiger partial charge in [-0.05, 0) is 35.1 Å². The van der Waals surface area contributed by atoms with Gasteiger partial charge in [-0.25, -0.2) is 8.70 Å². The maximum Gasteiger partial charge on any atom is 0.126 e. The number of fused-ring (bicyclic) bond motifs is 1. The summed E-state index contributed by atoms with van der Waals surface area (Å²) in [5.74, 6) is 0.161. The monoisotopic (exact) mass is 240 g/mol. The third-order valence-corrected chi connectivity index (χ3v) is 3.68. The normalized spacial score (nSPS) is 16.6. The van der Waals surface area contributed by atoms with Crippen LogP contribution in [0.5, 0.6) is 0 Å². The Hall–Kier alpha value is -0.580. The molecule has 2 nitrogen and oxygen atoms in total. The Balaban J connectivity index is 2.36. The van der Waals surface area contributed by atoms with Gasteiger partial charge in [0.05, 0.1) is 0 Å². The molecule has 0 unspecified atom stereocenters. The Labute approximate surface area is 100 Å². The minimum absolute atomic E-state index is 0.0670. The molecule has 1 heterocycles. The summed E-state index contributed by atoms with van der Waals surface area (Å²) in [5, 5.41) is 5.56. The van der Waals surface area contributed by atoms with Crippen LogP contribution in [0, 0.1) is 5.82 Å². The molecule has 2 N–H and O–H groups in total. The van der Waals surface area contributed by atoms with Gasteiger partial charge >= 0.3 is 0 Å². The summed E-state index contributed by atoms with van der Waals surface area (Å²) in [6.45, 7) is 5.75. The van der Waals surface area contributed by atoms with E-state index in [-0.39, 0.29) is 11.7 Å². The van der Waals surface area contributed by atoms with E-state index in [1.165, 1.54) is 17.7 Å². The first-order chi connectivity index (χ1) is 7.61. The van der Waals surface area contributed by atoms with E-state index >= 15 is 0 Å². The fourth-order valence-electron chi connectivity index (χ4n) is 2.10. The van der Waals surface area contributed by atoms with Crippen molar-refractivity contribution in [3.05, 3.63) is 34.6 Å². The second-order valence-electron chi connectivity index (χ2n) is 4.52. The van der Waals surface area contributed by atoms with Crippen LogP contribution in [0.4, 0.5) is 4.39 Å². The highest BCUT2D eigenvalue weighted by Gasteiger charge is 2.19. The zero-order valence-corrected chi connectivity index (χ0v) is 10.5. The molecule has 0 bridgehead atoms. The fourth-order valence-corrected chi connectivity index (χ4v) is 2.52. The summed E-state index contributed by atoms with van der Waals surface area (Å²) in [7, 11) is 0. The molecule has 16 heavy (non-hydrogen) atoms. The summed E-state index contributed by atoms with van der Waals surface area (Å²) >= 11 is 1.27. The minimum atomic E-state index is -0.0670. The highest BCUT2D eigenvalue weighted by Crippen LogP contribution is 2.27. The third kappa shape index (κ3) is 2.24. The number of nitrogens with zero attached hydrogens (tertiary/aromatic N) is 1. The van der Waals surface area contributed by atoms with Crippen LogP contribution in [-0.2, 0) is 13.0 Å². The molecule has 2 rings (SSSR count). The molecular formula is C12H17FN2S. The average Bonchev–Trinajstić information content (AvgIpc) is 2.27. The van der Waals surface area contributed by atoms with Crippen molar-refractivity contribution in [1.82, 2.24) is 4.31 Å². The van der Waals surface area contributed by atoms with Crippen LogP contribution in [0.3, 0.4) is 0 Å². The molecule has 0 saturated heterocycles. The number of rotatable bonds is 2. The molecular weight excluding hydrogens is 223 g/mol. The van der Waals surface area contributed by atoms with Gasteiger partial charge in [0.15, 0.2) is 0 Å². The van der Waals surface area contributed by atoms with Crippen molar-refractivity contribution >= 4 is 12.1 Å². The zero-order valence-electron chi connectivity index (χ0n) is 9.66.